The summed E-state index contributed by atoms with van der Waals surface area (Å²) in [5.74, 6) is 0. The molecular formula is C15H25N3O2. The number of aryl methyl sites for hydroxylation is 1. The largest absolute Gasteiger partial charge is 0.379 e. The first-order chi connectivity index (χ1) is 9.43. The minimum atomic E-state index is -0.315. The van der Waals surface area contributed by atoms with Crippen LogP contribution in [0.25, 0.3) is 0 Å². The Balaban J connectivity index is 2.43. The first kappa shape index (κ1) is 16.4. The molecule has 0 aromatic heterocycles. The van der Waals surface area contributed by atoms with E-state index >= 15 is 0 Å². The van der Waals surface area contributed by atoms with Crippen molar-refractivity contribution in [3.05, 3.63) is 33.9 Å². The predicted octanol–water partition coefficient (Wildman–Crippen LogP) is 3.44. The van der Waals surface area contributed by atoms with E-state index in [0.29, 0.717) is 17.3 Å². The lowest BCUT2D eigenvalue weighted by Crippen LogP contribution is -2.27. The second-order valence-electron chi connectivity index (χ2n) is 5.44. The van der Waals surface area contributed by atoms with Gasteiger partial charge in [-0.2, -0.15) is 0 Å². The number of unbranched alkanes of at least 4 members (excludes halogenated alkanes) is 1. The average Bonchev–Trinajstić information content (AvgIpc) is 2.37. The zero-order valence-electron chi connectivity index (χ0n) is 12.8. The van der Waals surface area contributed by atoms with Crippen LogP contribution in [0.15, 0.2) is 18.2 Å². The summed E-state index contributed by atoms with van der Waals surface area (Å²) in [6, 6.07) is 5.93. The van der Waals surface area contributed by atoms with Crippen LogP contribution in [0.2, 0.25) is 0 Å². The molecule has 0 unspecified atom stereocenters. The molecule has 0 atom stereocenters. The molecule has 0 fully saturated rings. The molecule has 1 aromatic carbocycles. The van der Waals surface area contributed by atoms with Crippen LogP contribution < -0.4 is 5.32 Å². The molecule has 0 radical (unpaired) electrons. The van der Waals surface area contributed by atoms with Crippen LogP contribution in [0.1, 0.15) is 32.3 Å². The Hall–Kier alpha value is -1.62. The van der Waals surface area contributed by atoms with Gasteiger partial charge in [0.05, 0.1) is 4.92 Å². The zero-order chi connectivity index (χ0) is 15.1. The second kappa shape index (κ2) is 7.85. The van der Waals surface area contributed by atoms with E-state index in [1.807, 2.05) is 6.07 Å². The van der Waals surface area contributed by atoms with Crippen molar-refractivity contribution in [2.45, 2.75) is 39.7 Å². The number of para-hydroxylation sites is 1. The lowest BCUT2D eigenvalue weighted by atomic mass is 10.1. The van der Waals surface area contributed by atoms with Gasteiger partial charge in [0.15, 0.2) is 0 Å². The molecule has 0 aliphatic heterocycles. The number of hydrogen-bond acceptors (Lipinski definition) is 4. The van der Waals surface area contributed by atoms with Crippen molar-refractivity contribution in [2.75, 3.05) is 25.5 Å². The minimum absolute atomic E-state index is 0.187. The highest BCUT2D eigenvalue weighted by atomic mass is 16.6. The van der Waals surface area contributed by atoms with Crippen LogP contribution >= 0.6 is 0 Å². The fraction of sp³-hybridized carbons (Fsp3) is 0.600. The topological polar surface area (TPSA) is 58.4 Å². The summed E-state index contributed by atoms with van der Waals surface area (Å²) < 4.78 is 0. The lowest BCUT2D eigenvalue weighted by molar-refractivity contribution is -0.384. The summed E-state index contributed by atoms with van der Waals surface area (Å²) in [6.45, 7) is 7.93. The van der Waals surface area contributed by atoms with E-state index in [9.17, 15) is 10.1 Å². The highest BCUT2D eigenvalue weighted by Gasteiger charge is 2.15. The Morgan fingerprint density at radius 1 is 1.35 bits per heavy atom. The molecule has 0 amide bonds. The normalized spacial score (nSPS) is 11.1. The molecule has 5 nitrogen and oxygen atoms in total. The summed E-state index contributed by atoms with van der Waals surface area (Å²) in [6.07, 6.45) is 2.09. The van der Waals surface area contributed by atoms with Gasteiger partial charge >= 0.3 is 0 Å². The Bertz CT molecular complexity index is 447. The molecule has 0 saturated heterocycles. The average molecular weight is 279 g/mol. The van der Waals surface area contributed by atoms with E-state index in [4.69, 9.17) is 0 Å². The van der Waals surface area contributed by atoms with Gasteiger partial charge in [-0.1, -0.05) is 12.1 Å². The summed E-state index contributed by atoms with van der Waals surface area (Å²) >= 11 is 0. The number of rotatable bonds is 8. The number of nitrogens with one attached hydrogen (secondary N) is 1. The number of nitrogens with zero attached hydrogens (tertiary/aromatic N) is 2. The molecule has 20 heavy (non-hydrogen) atoms. The van der Waals surface area contributed by atoms with E-state index in [0.717, 1.165) is 25.9 Å². The highest BCUT2D eigenvalue weighted by molar-refractivity contribution is 5.64. The number of nitro groups is 1. The fourth-order valence-electron chi connectivity index (χ4n) is 2.01. The maximum atomic E-state index is 11.1. The van der Waals surface area contributed by atoms with Crippen LogP contribution in [0.3, 0.4) is 0 Å². The molecule has 0 spiro atoms. The predicted molar refractivity (Wildman–Crippen MR) is 83.3 cm³/mol. The molecule has 112 valence electrons. The van der Waals surface area contributed by atoms with Crippen LogP contribution in [-0.2, 0) is 0 Å². The fourth-order valence-corrected chi connectivity index (χ4v) is 2.01. The molecule has 1 rings (SSSR count). The maximum absolute atomic E-state index is 11.1. The van der Waals surface area contributed by atoms with E-state index in [1.165, 1.54) is 0 Å². The van der Waals surface area contributed by atoms with Gasteiger partial charge in [0, 0.05) is 18.2 Å². The molecule has 0 bridgehead atoms. The smallest absolute Gasteiger partial charge is 0.295 e. The first-order valence-electron chi connectivity index (χ1n) is 7.11. The Morgan fingerprint density at radius 2 is 2.05 bits per heavy atom. The van der Waals surface area contributed by atoms with E-state index in [2.05, 4.69) is 31.1 Å². The quantitative estimate of drug-likeness (QED) is 0.450. The van der Waals surface area contributed by atoms with Crippen molar-refractivity contribution in [1.82, 2.24) is 4.90 Å². The van der Waals surface area contributed by atoms with Gasteiger partial charge in [-0.3, -0.25) is 10.1 Å². The van der Waals surface area contributed by atoms with Gasteiger partial charge in [-0.05, 0) is 53.3 Å². The van der Waals surface area contributed by atoms with Gasteiger partial charge in [0.2, 0.25) is 0 Å². The molecule has 0 aliphatic rings. The first-order valence-corrected chi connectivity index (χ1v) is 7.11. The van der Waals surface area contributed by atoms with Crippen LogP contribution in [0.5, 0.6) is 0 Å². The third-order valence-electron chi connectivity index (χ3n) is 3.55. The van der Waals surface area contributed by atoms with Crippen molar-refractivity contribution >= 4 is 11.4 Å². The maximum Gasteiger partial charge on any atom is 0.295 e. The molecule has 0 saturated carbocycles. The van der Waals surface area contributed by atoms with E-state index in [-0.39, 0.29) is 10.6 Å². The van der Waals surface area contributed by atoms with Gasteiger partial charge in [0.1, 0.15) is 5.69 Å². The molecule has 1 N–H and O–H groups in total. The number of benzene rings is 1. The van der Waals surface area contributed by atoms with Crippen molar-refractivity contribution in [3.63, 3.8) is 0 Å². The molecular weight excluding hydrogens is 254 g/mol. The Kier molecular flexibility index (Phi) is 6.45. The SMILES string of the molecule is Cc1cccc(NCCCCN(C)C(C)C)c1[N+](=O)[O-]. The Labute approximate surface area is 121 Å². The number of nitro benzene ring substituents is 1. The van der Waals surface area contributed by atoms with Gasteiger partial charge in [-0.15, -0.1) is 0 Å². The second-order valence-corrected chi connectivity index (χ2v) is 5.44. The molecule has 0 aliphatic carbocycles. The van der Waals surface area contributed by atoms with Crippen molar-refractivity contribution in [3.8, 4) is 0 Å². The number of hydrogen-bond donors (Lipinski definition) is 1. The molecule has 0 heterocycles. The van der Waals surface area contributed by atoms with Crippen LogP contribution in [-0.4, -0.2) is 36.0 Å². The summed E-state index contributed by atoms with van der Waals surface area (Å²) in [5, 5.41) is 14.2. The van der Waals surface area contributed by atoms with Crippen LogP contribution in [0.4, 0.5) is 11.4 Å². The van der Waals surface area contributed by atoms with Gasteiger partial charge in [-0.25, -0.2) is 0 Å². The van der Waals surface area contributed by atoms with Crippen LogP contribution in [0, 0.1) is 17.0 Å². The van der Waals surface area contributed by atoms with Gasteiger partial charge in [0.25, 0.3) is 5.69 Å². The summed E-state index contributed by atoms with van der Waals surface area (Å²) in [7, 11) is 2.11. The summed E-state index contributed by atoms with van der Waals surface area (Å²) in [4.78, 5) is 13.0. The van der Waals surface area contributed by atoms with Gasteiger partial charge < -0.3 is 10.2 Å². The van der Waals surface area contributed by atoms with E-state index < -0.39 is 0 Å². The van der Waals surface area contributed by atoms with Crippen molar-refractivity contribution in [2.24, 2.45) is 0 Å². The molecule has 5 heteroatoms. The molecule has 1 aromatic rings. The standard InChI is InChI=1S/C15H25N3O2/c1-12(2)17(4)11-6-5-10-16-14-9-7-8-13(3)15(14)18(19)20/h7-9,12,16H,5-6,10-11H2,1-4H3. The zero-order valence-corrected chi connectivity index (χ0v) is 12.8. The van der Waals surface area contributed by atoms with Crippen molar-refractivity contribution in [1.29, 1.82) is 0 Å². The van der Waals surface area contributed by atoms with E-state index in [1.54, 1.807) is 19.1 Å². The summed E-state index contributed by atoms with van der Waals surface area (Å²) in [5.41, 5.74) is 1.50. The highest BCUT2D eigenvalue weighted by Crippen LogP contribution is 2.27. The third kappa shape index (κ3) is 4.81. The number of anilines is 1. The Morgan fingerprint density at radius 3 is 2.65 bits per heavy atom. The monoisotopic (exact) mass is 279 g/mol. The van der Waals surface area contributed by atoms with Crippen molar-refractivity contribution < 1.29 is 4.92 Å². The lowest BCUT2D eigenvalue weighted by Gasteiger charge is -2.20. The minimum Gasteiger partial charge on any atom is -0.379 e. The third-order valence-corrected chi connectivity index (χ3v) is 3.55.